The first-order chi connectivity index (χ1) is 10.5. The van der Waals surface area contributed by atoms with E-state index in [4.69, 9.17) is 11.6 Å². The second-order valence-electron chi connectivity index (χ2n) is 6.24. The molecule has 0 saturated carbocycles. The fourth-order valence-electron chi connectivity index (χ4n) is 3.03. The number of likely N-dealkylation sites (tertiary alicyclic amines) is 1. The van der Waals surface area contributed by atoms with Crippen molar-refractivity contribution in [2.24, 2.45) is 5.41 Å². The van der Waals surface area contributed by atoms with Crippen LogP contribution in [0.25, 0.3) is 0 Å². The molecule has 0 spiro atoms. The average Bonchev–Trinajstić information content (AvgIpc) is 2.97. The van der Waals surface area contributed by atoms with Crippen molar-refractivity contribution < 1.29 is 14.3 Å². The standard InChI is InChI=1S/C17H23ClFNO2/c1-3-17(2,11-18)16(22)20-14(10-21)7-8-15(20)12-5-4-6-13(19)9-12/h4-6,9,14-15,21H,3,7-8,10-11H2,1-2H3/t14-,15+,17?/m1/s1. The van der Waals surface area contributed by atoms with E-state index in [0.717, 1.165) is 12.0 Å². The highest BCUT2D eigenvalue weighted by atomic mass is 35.5. The zero-order valence-electron chi connectivity index (χ0n) is 13.1. The largest absolute Gasteiger partial charge is 0.394 e. The van der Waals surface area contributed by atoms with Gasteiger partial charge in [-0.15, -0.1) is 11.6 Å². The van der Waals surface area contributed by atoms with E-state index in [-0.39, 0.29) is 36.3 Å². The number of hydrogen-bond donors (Lipinski definition) is 1. The maximum absolute atomic E-state index is 13.5. The molecule has 1 aliphatic rings. The molecule has 1 fully saturated rings. The predicted octanol–water partition coefficient (Wildman–Crippen LogP) is 3.51. The molecule has 1 heterocycles. The van der Waals surface area contributed by atoms with Crippen LogP contribution in [0, 0.1) is 11.2 Å². The van der Waals surface area contributed by atoms with Crippen molar-refractivity contribution >= 4 is 17.5 Å². The maximum atomic E-state index is 13.5. The van der Waals surface area contributed by atoms with Crippen molar-refractivity contribution in [3.8, 4) is 0 Å². The first kappa shape index (κ1) is 17.2. The second kappa shape index (κ2) is 6.97. The van der Waals surface area contributed by atoms with Crippen molar-refractivity contribution in [2.45, 2.75) is 45.2 Å². The molecule has 1 unspecified atom stereocenters. The van der Waals surface area contributed by atoms with Crippen molar-refractivity contribution in [1.82, 2.24) is 4.90 Å². The molecule has 0 aliphatic carbocycles. The van der Waals surface area contributed by atoms with Crippen LogP contribution >= 0.6 is 11.6 Å². The van der Waals surface area contributed by atoms with Crippen LogP contribution in [0.5, 0.6) is 0 Å². The first-order valence-corrected chi connectivity index (χ1v) is 8.25. The highest BCUT2D eigenvalue weighted by Crippen LogP contribution is 2.40. The predicted molar refractivity (Wildman–Crippen MR) is 85.2 cm³/mol. The Morgan fingerprint density at radius 3 is 2.77 bits per heavy atom. The molecule has 2 rings (SSSR count). The number of nitrogens with zero attached hydrogens (tertiary/aromatic N) is 1. The van der Waals surface area contributed by atoms with Gasteiger partial charge in [0, 0.05) is 5.88 Å². The van der Waals surface area contributed by atoms with E-state index in [1.165, 1.54) is 12.1 Å². The van der Waals surface area contributed by atoms with Gasteiger partial charge in [-0.25, -0.2) is 4.39 Å². The minimum absolute atomic E-state index is 0.0594. The molecule has 0 radical (unpaired) electrons. The Bertz CT molecular complexity index is 533. The van der Waals surface area contributed by atoms with E-state index in [0.29, 0.717) is 12.8 Å². The van der Waals surface area contributed by atoms with Crippen molar-refractivity contribution in [2.75, 3.05) is 12.5 Å². The molecule has 1 aromatic rings. The van der Waals surface area contributed by atoms with Crippen LogP contribution in [0.2, 0.25) is 0 Å². The lowest BCUT2D eigenvalue weighted by molar-refractivity contribution is -0.144. The third kappa shape index (κ3) is 3.13. The van der Waals surface area contributed by atoms with Gasteiger partial charge in [-0.2, -0.15) is 0 Å². The van der Waals surface area contributed by atoms with Crippen molar-refractivity contribution in [3.63, 3.8) is 0 Å². The lowest BCUT2D eigenvalue weighted by Crippen LogP contribution is -2.47. The lowest BCUT2D eigenvalue weighted by Gasteiger charge is -2.37. The van der Waals surface area contributed by atoms with Crippen molar-refractivity contribution in [1.29, 1.82) is 0 Å². The van der Waals surface area contributed by atoms with Crippen LogP contribution in [0.15, 0.2) is 24.3 Å². The van der Waals surface area contributed by atoms with E-state index in [9.17, 15) is 14.3 Å². The molecular formula is C17H23ClFNO2. The summed E-state index contributed by atoms with van der Waals surface area (Å²) in [6.45, 7) is 3.69. The number of rotatable bonds is 5. The van der Waals surface area contributed by atoms with Crippen LogP contribution in [-0.4, -0.2) is 34.4 Å². The van der Waals surface area contributed by atoms with Crippen LogP contribution in [0.4, 0.5) is 4.39 Å². The summed E-state index contributed by atoms with van der Waals surface area (Å²) in [6.07, 6.45) is 2.06. The molecule has 1 amide bonds. The molecule has 3 nitrogen and oxygen atoms in total. The summed E-state index contributed by atoms with van der Waals surface area (Å²) in [6, 6.07) is 5.92. The van der Waals surface area contributed by atoms with Gasteiger partial charge >= 0.3 is 0 Å². The second-order valence-corrected chi connectivity index (χ2v) is 6.51. The molecule has 122 valence electrons. The highest BCUT2D eigenvalue weighted by molar-refractivity contribution is 6.19. The smallest absolute Gasteiger partial charge is 0.230 e. The molecule has 1 N–H and O–H groups in total. The summed E-state index contributed by atoms with van der Waals surface area (Å²) in [5.41, 5.74) is 0.113. The van der Waals surface area contributed by atoms with Gasteiger partial charge < -0.3 is 10.0 Å². The van der Waals surface area contributed by atoms with Crippen LogP contribution < -0.4 is 0 Å². The molecule has 1 saturated heterocycles. The van der Waals surface area contributed by atoms with Gasteiger partial charge in [-0.05, 0) is 43.9 Å². The highest BCUT2D eigenvalue weighted by Gasteiger charge is 2.44. The number of benzene rings is 1. The normalized spacial score (nSPS) is 24.3. The van der Waals surface area contributed by atoms with E-state index in [1.54, 1.807) is 11.0 Å². The topological polar surface area (TPSA) is 40.5 Å². The maximum Gasteiger partial charge on any atom is 0.230 e. The molecule has 3 atom stereocenters. The van der Waals surface area contributed by atoms with Crippen LogP contribution in [0.1, 0.15) is 44.7 Å². The zero-order chi connectivity index (χ0) is 16.3. The van der Waals surface area contributed by atoms with Gasteiger partial charge in [0.25, 0.3) is 0 Å². The molecule has 1 aromatic carbocycles. The van der Waals surface area contributed by atoms with Gasteiger partial charge in [-0.1, -0.05) is 19.1 Å². The molecular weight excluding hydrogens is 305 g/mol. The Balaban J connectivity index is 2.36. The number of carbonyl (C=O) groups excluding carboxylic acids is 1. The quantitative estimate of drug-likeness (QED) is 0.841. The van der Waals surface area contributed by atoms with Gasteiger partial charge in [0.15, 0.2) is 0 Å². The monoisotopic (exact) mass is 327 g/mol. The van der Waals surface area contributed by atoms with Crippen LogP contribution in [-0.2, 0) is 4.79 Å². The van der Waals surface area contributed by atoms with E-state index >= 15 is 0 Å². The van der Waals surface area contributed by atoms with Gasteiger partial charge in [0.05, 0.1) is 24.1 Å². The fourth-order valence-corrected chi connectivity index (χ4v) is 3.33. The summed E-state index contributed by atoms with van der Waals surface area (Å²) in [5.74, 6) is -0.143. The fraction of sp³-hybridized carbons (Fsp3) is 0.588. The first-order valence-electron chi connectivity index (χ1n) is 7.72. The molecule has 0 aromatic heterocycles. The SMILES string of the molecule is CCC(C)(CCl)C(=O)N1[C@@H](CO)CC[C@H]1c1cccc(F)c1. The number of carbonyl (C=O) groups is 1. The number of amides is 1. The number of aliphatic hydroxyl groups is 1. The summed E-state index contributed by atoms with van der Waals surface area (Å²) < 4.78 is 13.5. The Morgan fingerprint density at radius 1 is 1.50 bits per heavy atom. The average molecular weight is 328 g/mol. The molecule has 0 bridgehead atoms. The molecule has 1 aliphatic heterocycles. The zero-order valence-corrected chi connectivity index (χ0v) is 13.8. The number of hydrogen-bond acceptors (Lipinski definition) is 2. The molecule has 22 heavy (non-hydrogen) atoms. The van der Waals surface area contributed by atoms with E-state index < -0.39 is 5.41 Å². The molecule has 5 heteroatoms. The van der Waals surface area contributed by atoms with Gasteiger partial charge in [0.2, 0.25) is 5.91 Å². The van der Waals surface area contributed by atoms with Crippen molar-refractivity contribution in [3.05, 3.63) is 35.6 Å². The Hall–Kier alpha value is -1.13. The van der Waals surface area contributed by atoms with E-state index in [2.05, 4.69) is 0 Å². The minimum atomic E-state index is -0.662. The van der Waals surface area contributed by atoms with Gasteiger partial charge in [0.1, 0.15) is 5.82 Å². The van der Waals surface area contributed by atoms with E-state index in [1.807, 2.05) is 19.9 Å². The number of alkyl halides is 1. The summed E-state index contributed by atoms with van der Waals surface area (Å²) in [4.78, 5) is 14.7. The summed E-state index contributed by atoms with van der Waals surface area (Å²) >= 11 is 6.02. The minimum Gasteiger partial charge on any atom is -0.394 e. The van der Waals surface area contributed by atoms with Gasteiger partial charge in [-0.3, -0.25) is 4.79 Å². The Morgan fingerprint density at radius 2 is 2.23 bits per heavy atom. The number of aliphatic hydroxyl groups excluding tert-OH is 1. The third-order valence-corrected chi connectivity index (χ3v) is 5.36. The van der Waals surface area contributed by atoms with Crippen LogP contribution in [0.3, 0.4) is 0 Å². The Kier molecular flexibility index (Phi) is 5.45. The summed E-state index contributed by atoms with van der Waals surface area (Å²) in [7, 11) is 0. The Labute approximate surface area is 136 Å². The summed E-state index contributed by atoms with van der Waals surface area (Å²) in [5, 5.41) is 9.61. The lowest BCUT2D eigenvalue weighted by atomic mass is 9.87. The number of halogens is 2. The third-order valence-electron chi connectivity index (χ3n) is 4.77.